The monoisotopic (exact) mass is 304 g/mol. The smallest absolute Gasteiger partial charge is 0.0640 e. The van der Waals surface area contributed by atoms with Crippen LogP contribution in [0.25, 0.3) is 0 Å². The van der Waals surface area contributed by atoms with Crippen LogP contribution in [0.5, 0.6) is 0 Å². The van der Waals surface area contributed by atoms with Gasteiger partial charge in [0.25, 0.3) is 0 Å². The van der Waals surface area contributed by atoms with Gasteiger partial charge in [0.05, 0.1) is 22.5 Å². The van der Waals surface area contributed by atoms with Crippen LogP contribution in [0.1, 0.15) is 12.0 Å². The van der Waals surface area contributed by atoms with Crippen molar-refractivity contribution in [2.24, 2.45) is 0 Å². The average molecular weight is 305 g/mol. The van der Waals surface area contributed by atoms with Gasteiger partial charge < -0.3 is 4.90 Å². The van der Waals surface area contributed by atoms with Gasteiger partial charge in [-0.15, -0.1) is 0 Å². The molecule has 0 radical (unpaired) electrons. The Morgan fingerprint density at radius 2 is 1.75 bits per heavy atom. The van der Waals surface area contributed by atoms with Crippen molar-refractivity contribution >= 4 is 28.9 Å². The fourth-order valence-electron chi connectivity index (χ4n) is 1.98. The van der Waals surface area contributed by atoms with Crippen molar-refractivity contribution in [3.63, 3.8) is 0 Å². The van der Waals surface area contributed by atoms with E-state index in [1.165, 1.54) is 0 Å². The predicted octanol–water partition coefficient (Wildman–Crippen LogP) is 4.91. The van der Waals surface area contributed by atoms with Gasteiger partial charge in [-0.2, -0.15) is 5.26 Å². The molecule has 0 bridgehead atoms. The molecule has 0 aliphatic heterocycles. The maximum atomic E-state index is 8.79. The minimum absolute atomic E-state index is 0.482. The van der Waals surface area contributed by atoms with Crippen LogP contribution in [0.2, 0.25) is 10.0 Å². The van der Waals surface area contributed by atoms with Crippen molar-refractivity contribution in [1.82, 2.24) is 0 Å². The van der Waals surface area contributed by atoms with Crippen LogP contribution < -0.4 is 4.90 Å². The minimum atomic E-state index is 0.482. The van der Waals surface area contributed by atoms with E-state index >= 15 is 0 Å². The summed E-state index contributed by atoms with van der Waals surface area (Å²) in [6, 6.07) is 17.8. The molecular formula is C16H14Cl2N2. The standard InChI is InChI=1S/C16H14Cl2N2/c17-15-8-7-13(11-16(15)18)12-20(10-4-9-19)14-5-2-1-3-6-14/h1-3,5-8,11H,4,10,12H2. The molecule has 0 aromatic heterocycles. The van der Waals surface area contributed by atoms with Crippen molar-refractivity contribution in [2.45, 2.75) is 13.0 Å². The Hall–Kier alpha value is -1.69. The number of halogens is 2. The minimum Gasteiger partial charge on any atom is -0.366 e. The summed E-state index contributed by atoms with van der Waals surface area (Å²) in [6.45, 7) is 1.38. The summed E-state index contributed by atoms with van der Waals surface area (Å²) in [4.78, 5) is 2.16. The quantitative estimate of drug-likeness (QED) is 0.784. The van der Waals surface area contributed by atoms with Gasteiger partial charge in [-0.05, 0) is 29.8 Å². The van der Waals surface area contributed by atoms with E-state index in [1.54, 1.807) is 6.07 Å². The first-order valence-corrected chi connectivity index (χ1v) is 7.07. The van der Waals surface area contributed by atoms with Crippen LogP contribution in [-0.2, 0) is 6.54 Å². The maximum Gasteiger partial charge on any atom is 0.0640 e. The van der Waals surface area contributed by atoms with E-state index in [2.05, 4.69) is 11.0 Å². The Morgan fingerprint density at radius 3 is 2.40 bits per heavy atom. The first kappa shape index (κ1) is 14.7. The van der Waals surface area contributed by atoms with Crippen LogP contribution in [0.4, 0.5) is 5.69 Å². The molecular weight excluding hydrogens is 291 g/mol. The zero-order valence-corrected chi connectivity index (χ0v) is 12.4. The molecule has 0 saturated carbocycles. The first-order chi connectivity index (χ1) is 9.70. The van der Waals surface area contributed by atoms with E-state index in [0.717, 1.165) is 11.3 Å². The summed E-state index contributed by atoms with van der Waals surface area (Å²) in [5.74, 6) is 0. The summed E-state index contributed by atoms with van der Waals surface area (Å²) in [6.07, 6.45) is 0.482. The van der Waals surface area contributed by atoms with Gasteiger partial charge >= 0.3 is 0 Å². The van der Waals surface area contributed by atoms with Gasteiger partial charge in [-0.1, -0.05) is 47.5 Å². The highest BCUT2D eigenvalue weighted by molar-refractivity contribution is 6.42. The van der Waals surface area contributed by atoms with Gasteiger partial charge in [0.1, 0.15) is 0 Å². The molecule has 0 aliphatic rings. The molecule has 0 atom stereocenters. The maximum absolute atomic E-state index is 8.79. The lowest BCUT2D eigenvalue weighted by molar-refractivity contribution is 0.798. The van der Waals surface area contributed by atoms with Crippen molar-refractivity contribution in [1.29, 1.82) is 5.26 Å². The van der Waals surface area contributed by atoms with Crippen LogP contribution in [0.15, 0.2) is 48.5 Å². The topological polar surface area (TPSA) is 27.0 Å². The molecule has 0 unspecified atom stereocenters. The summed E-state index contributed by atoms with van der Waals surface area (Å²) < 4.78 is 0. The second-order valence-electron chi connectivity index (χ2n) is 4.41. The molecule has 20 heavy (non-hydrogen) atoms. The highest BCUT2D eigenvalue weighted by atomic mass is 35.5. The fourth-order valence-corrected chi connectivity index (χ4v) is 2.30. The lowest BCUT2D eigenvalue weighted by Crippen LogP contribution is -2.23. The zero-order valence-electron chi connectivity index (χ0n) is 10.9. The fraction of sp³-hybridized carbons (Fsp3) is 0.188. The Kier molecular flexibility index (Phi) is 5.29. The van der Waals surface area contributed by atoms with E-state index in [1.807, 2.05) is 42.5 Å². The number of anilines is 1. The number of para-hydroxylation sites is 1. The lowest BCUT2D eigenvalue weighted by atomic mass is 10.2. The molecule has 0 saturated heterocycles. The SMILES string of the molecule is N#CCCN(Cc1ccc(Cl)c(Cl)c1)c1ccccc1. The Balaban J connectivity index is 2.19. The third kappa shape index (κ3) is 3.90. The van der Waals surface area contributed by atoms with Crippen molar-refractivity contribution in [2.75, 3.05) is 11.4 Å². The summed E-state index contributed by atoms with van der Waals surface area (Å²) >= 11 is 12.0. The molecule has 102 valence electrons. The molecule has 2 aromatic rings. The molecule has 0 spiro atoms. The highest BCUT2D eigenvalue weighted by Crippen LogP contribution is 2.24. The van der Waals surface area contributed by atoms with Crippen molar-refractivity contribution in [3.05, 3.63) is 64.1 Å². The van der Waals surface area contributed by atoms with Crippen LogP contribution in [0, 0.1) is 11.3 Å². The number of hydrogen-bond acceptors (Lipinski definition) is 2. The lowest BCUT2D eigenvalue weighted by Gasteiger charge is -2.24. The van der Waals surface area contributed by atoms with Crippen LogP contribution >= 0.6 is 23.2 Å². The third-order valence-corrected chi connectivity index (χ3v) is 3.71. The third-order valence-electron chi connectivity index (χ3n) is 2.97. The largest absolute Gasteiger partial charge is 0.366 e. The summed E-state index contributed by atoms with van der Waals surface area (Å²) in [5.41, 5.74) is 2.16. The van der Waals surface area contributed by atoms with Gasteiger partial charge in [-0.3, -0.25) is 0 Å². The molecule has 0 aliphatic carbocycles. The van der Waals surface area contributed by atoms with Gasteiger partial charge in [-0.25, -0.2) is 0 Å². The van der Waals surface area contributed by atoms with Crippen molar-refractivity contribution < 1.29 is 0 Å². The van der Waals surface area contributed by atoms with Gasteiger partial charge in [0, 0.05) is 18.8 Å². The second kappa shape index (κ2) is 7.19. The number of benzene rings is 2. The Bertz CT molecular complexity index is 606. The normalized spacial score (nSPS) is 10.1. The highest BCUT2D eigenvalue weighted by Gasteiger charge is 2.08. The van der Waals surface area contributed by atoms with Gasteiger partial charge in [0.2, 0.25) is 0 Å². The van der Waals surface area contributed by atoms with E-state index in [-0.39, 0.29) is 0 Å². The molecule has 2 nitrogen and oxygen atoms in total. The summed E-state index contributed by atoms with van der Waals surface area (Å²) in [7, 11) is 0. The Labute approximate surface area is 129 Å². The zero-order chi connectivity index (χ0) is 14.4. The van der Waals surface area contributed by atoms with Crippen LogP contribution in [-0.4, -0.2) is 6.54 Å². The first-order valence-electron chi connectivity index (χ1n) is 6.31. The number of hydrogen-bond donors (Lipinski definition) is 0. The van der Waals surface area contributed by atoms with E-state index in [9.17, 15) is 0 Å². The van der Waals surface area contributed by atoms with Crippen LogP contribution in [0.3, 0.4) is 0 Å². The van der Waals surface area contributed by atoms with E-state index in [0.29, 0.717) is 29.6 Å². The molecule has 0 amide bonds. The molecule has 0 N–H and O–H groups in total. The number of nitriles is 1. The van der Waals surface area contributed by atoms with Gasteiger partial charge in [0.15, 0.2) is 0 Å². The number of nitrogens with zero attached hydrogens (tertiary/aromatic N) is 2. The predicted molar refractivity (Wildman–Crippen MR) is 84.2 cm³/mol. The molecule has 0 heterocycles. The Morgan fingerprint density at radius 1 is 1.00 bits per heavy atom. The number of rotatable bonds is 5. The molecule has 4 heteroatoms. The molecule has 2 rings (SSSR count). The summed E-state index contributed by atoms with van der Waals surface area (Å²) in [5, 5.41) is 9.90. The molecule has 0 fully saturated rings. The average Bonchev–Trinajstić information content (AvgIpc) is 2.48. The van der Waals surface area contributed by atoms with E-state index in [4.69, 9.17) is 28.5 Å². The molecule has 2 aromatic carbocycles. The van der Waals surface area contributed by atoms with Crippen molar-refractivity contribution in [3.8, 4) is 6.07 Å². The van der Waals surface area contributed by atoms with E-state index < -0.39 is 0 Å². The second-order valence-corrected chi connectivity index (χ2v) is 5.23.